The molecule has 0 saturated carbocycles. The minimum atomic E-state index is -0.923. The van der Waals surface area contributed by atoms with E-state index in [4.69, 9.17) is 15.6 Å². The molecule has 0 aliphatic carbocycles. The van der Waals surface area contributed by atoms with Crippen LogP contribution in [-0.4, -0.2) is 18.2 Å². The Hall–Kier alpha value is -1.62. The number of ether oxygens (including phenoxy) is 1. The Morgan fingerprint density at radius 1 is 1.59 bits per heavy atom. The highest BCUT2D eigenvalue weighted by molar-refractivity contribution is 5.66. The first-order valence-corrected chi connectivity index (χ1v) is 5.27. The van der Waals surface area contributed by atoms with Gasteiger partial charge in [0.2, 0.25) is 0 Å². The molecule has 3 N–H and O–H groups in total. The molecule has 1 aromatic carbocycles. The number of carbonyl (C=O) groups is 1. The van der Waals surface area contributed by atoms with Crippen molar-refractivity contribution < 1.29 is 19.0 Å². The Morgan fingerprint density at radius 3 is 2.76 bits per heavy atom. The zero-order chi connectivity index (χ0) is 13.0. The van der Waals surface area contributed by atoms with E-state index < -0.39 is 12.0 Å². The Labute approximate surface area is 99.2 Å². The van der Waals surface area contributed by atoms with E-state index in [1.54, 1.807) is 6.92 Å². The Kier molecular flexibility index (Phi) is 4.45. The summed E-state index contributed by atoms with van der Waals surface area (Å²) in [7, 11) is 1.47. The summed E-state index contributed by atoms with van der Waals surface area (Å²) in [5.74, 6) is -0.804. The minimum Gasteiger partial charge on any atom is -0.496 e. The van der Waals surface area contributed by atoms with Crippen LogP contribution in [-0.2, 0) is 4.79 Å². The van der Waals surface area contributed by atoms with Crippen molar-refractivity contribution in [1.82, 2.24) is 0 Å². The molecule has 0 radical (unpaired) electrons. The van der Waals surface area contributed by atoms with Crippen LogP contribution < -0.4 is 10.5 Å². The van der Waals surface area contributed by atoms with Crippen molar-refractivity contribution >= 4 is 5.97 Å². The van der Waals surface area contributed by atoms with Gasteiger partial charge in [0.25, 0.3) is 0 Å². The Morgan fingerprint density at radius 2 is 2.24 bits per heavy atom. The third-order valence-corrected chi connectivity index (χ3v) is 2.67. The second kappa shape index (κ2) is 5.63. The van der Waals surface area contributed by atoms with E-state index in [0.29, 0.717) is 16.9 Å². The number of benzene rings is 1. The molecule has 0 aliphatic heterocycles. The van der Waals surface area contributed by atoms with Gasteiger partial charge in [-0.05, 0) is 31.0 Å². The zero-order valence-corrected chi connectivity index (χ0v) is 9.87. The summed E-state index contributed by atoms with van der Waals surface area (Å²) < 4.78 is 18.5. The highest BCUT2D eigenvalue weighted by atomic mass is 19.1. The van der Waals surface area contributed by atoms with Gasteiger partial charge in [0.15, 0.2) is 0 Å². The highest BCUT2D eigenvalue weighted by Crippen LogP contribution is 2.31. The molecule has 1 atom stereocenters. The van der Waals surface area contributed by atoms with Crippen LogP contribution in [0.15, 0.2) is 12.1 Å². The minimum absolute atomic E-state index is 0.0553. The molecule has 0 amide bonds. The standard InChI is InChI=1S/C12H16FNO3/c1-7-8(13)3-5-10(17-2)12(7)9(14)4-6-11(15)16/h3,5,9H,4,6,14H2,1-2H3,(H,15,16). The molecular formula is C12H16FNO3. The van der Waals surface area contributed by atoms with E-state index in [-0.39, 0.29) is 18.7 Å². The van der Waals surface area contributed by atoms with E-state index in [1.807, 2.05) is 0 Å². The SMILES string of the molecule is COc1ccc(F)c(C)c1C(N)CCC(=O)O. The molecule has 0 bridgehead atoms. The first kappa shape index (κ1) is 13.4. The summed E-state index contributed by atoms with van der Waals surface area (Å²) in [6.45, 7) is 1.60. The number of rotatable bonds is 5. The molecule has 1 unspecified atom stereocenters. The number of carboxylic acids is 1. The maximum absolute atomic E-state index is 13.4. The highest BCUT2D eigenvalue weighted by Gasteiger charge is 2.18. The third kappa shape index (κ3) is 3.17. The number of hydrogen-bond donors (Lipinski definition) is 2. The molecule has 1 aromatic rings. The van der Waals surface area contributed by atoms with Crippen molar-refractivity contribution in [2.75, 3.05) is 7.11 Å². The molecule has 0 heterocycles. The lowest BCUT2D eigenvalue weighted by molar-refractivity contribution is -0.137. The lowest BCUT2D eigenvalue weighted by atomic mass is 9.96. The summed E-state index contributed by atoms with van der Waals surface area (Å²) in [5.41, 5.74) is 6.82. The Balaban J connectivity index is 3.01. The molecule has 17 heavy (non-hydrogen) atoms. The fraction of sp³-hybridized carbons (Fsp3) is 0.417. The van der Waals surface area contributed by atoms with E-state index in [0.717, 1.165) is 0 Å². The van der Waals surface area contributed by atoms with E-state index in [9.17, 15) is 9.18 Å². The van der Waals surface area contributed by atoms with Gasteiger partial charge in [0, 0.05) is 18.0 Å². The van der Waals surface area contributed by atoms with E-state index >= 15 is 0 Å². The van der Waals surface area contributed by atoms with Gasteiger partial charge in [-0.15, -0.1) is 0 Å². The monoisotopic (exact) mass is 241 g/mol. The third-order valence-electron chi connectivity index (χ3n) is 2.67. The number of methoxy groups -OCH3 is 1. The Bertz CT molecular complexity index is 420. The van der Waals surface area contributed by atoms with Crippen molar-refractivity contribution in [3.63, 3.8) is 0 Å². The lowest BCUT2D eigenvalue weighted by Gasteiger charge is -2.18. The van der Waals surface area contributed by atoms with Crippen molar-refractivity contribution in [1.29, 1.82) is 0 Å². The maximum Gasteiger partial charge on any atom is 0.303 e. The molecule has 0 aromatic heterocycles. The van der Waals surface area contributed by atoms with Gasteiger partial charge >= 0.3 is 5.97 Å². The predicted octanol–water partition coefficient (Wildman–Crippen LogP) is 2.01. The lowest BCUT2D eigenvalue weighted by Crippen LogP contribution is -2.15. The van der Waals surface area contributed by atoms with Gasteiger partial charge in [-0.3, -0.25) is 4.79 Å². The second-order valence-electron chi connectivity index (χ2n) is 3.83. The van der Waals surface area contributed by atoms with Gasteiger partial charge in [0.1, 0.15) is 11.6 Å². The normalized spacial score (nSPS) is 12.2. The molecule has 1 rings (SSSR count). The predicted molar refractivity (Wildman–Crippen MR) is 61.5 cm³/mol. The number of hydrogen-bond acceptors (Lipinski definition) is 3. The maximum atomic E-state index is 13.4. The average molecular weight is 241 g/mol. The van der Waals surface area contributed by atoms with E-state index in [1.165, 1.54) is 19.2 Å². The molecule has 5 heteroatoms. The van der Waals surface area contributed by atoms with Gasteiger partial charge in [-0.25, -0.2) is 4.39 Å². The smallest absolute Gasteiger partial charge is 0.303 e. The van der Waals surface area contributed by atoms with Crippen LogP contribution in [0.1, 0.15) is 30.0 Å². The van der Waals surface area contributed by atoms with E-state index in [2.05, 4.69) is 0 Å². The number of carboxylic acid groups (broad SMARTS) is 1. The quantitative estimate of drug-likeness (QED) is 0.827. The van der Waals surface area contributed by atoms with Crippen LogP contribution in [0.25, 0.3) is 0 Å². The molecule has 94 valence electrons. The van der Waals surface area contributed by atoms with Crippen LogP contribution in [0.5, 0.6) is 5.75 Å². The molecule has 0 aliphatic rings. The molecule has 0 fully saturated rings. The number of nitrogens with two attached hydrogens (primary N) is 1. The number of halogens is 1. The first-order valence-electron chi connectivity index (χ1n) is 5.27. The summed E-state index contributed by atoms with van der Waals surface area (Å²) in [5, 5.41) is 8.60. The van der Waals surface area contributed by atoms with Gasteiger partial charge in [0.05, 0.1) is 7.11 Å². The van der Waals surface area contributed by atoms with Crippen LogP contribution in [0.4, 0.5) is 4.39 Å². The molecule has 0 saturated heterocycles. The molecule has 0 spiro atoms. The van der Waals surface area contributed by atoms with Crippen molar-refractivity contribution in [3.05, 3.63) is 29.1 Å². The summed E-state index contributed by atoms with van der Waals surface area (Å²) >= 11 is 0. The van der Waals surface area contributed by atoms with Gasteiger partial charge in [-0.1, -0.05) is 0 Å². The topological polar surface area (TPSA) is 72.5 Å². The zero-order valence-electron chi connectivity index (χ0n) is 9.87. The summed E-state index contributed by atoms with van der Waals surface area (Å²) in [6.07, 6.45) is 0.191. The fourth-order valence-electron chi connectivity index (χ4n) is 1.74. The summed E-state index contributed by atoms with van der Waals surface area (Å²) in [6, 6.07) is 2.26. The van der Waals surface area contributed by atoms with Crippen LogP contribution in [0, 0.1) is 12.7 Å². The van der Waals surface area contributed by atoms with Crippen LogP contribution >= 0.6 is 0 Å². The van der Waals surface area contributed by atoms with Crippen molar-refractivity contribution in [2.24, 2.45) is 5.73 Å². The average Bonchev–Trinajstić information content (AvgIpc) is 2.29. The largest absolute Gasteiger partial charge is 0.496 e. The number of aliphatic carboxylic acids is 1. The summed E-state index contributed by atoms with van der Waals surface area (Å²) in [4.78, 5) is 10.5. The fourth-order valence-corrected chi connectivity index (χ4v) is 1.74. The molecule has 4 nitrogen and oxygen atoms in total. The first-order chi connectivity index (χ1) is 7.97. The van der Waals surface area contributed by atoms with Gasteiger partial charge < -0.3 is 15.6 Å². The van der Waals surface area contributed by atoms with Crippen molar-refractivity contribution in [2.45, 2.75) is 25.8 Å². The van der Waals surface area contributed by atoms with Gasteiger partial charge in [-0.2, -0.15) is 0 Å². The second-order valence-corrected chi connectivity index (χ2v) is 3.83. The van der Waals surface area contributed by atoms with Crippen molar-refractivity contribution in [3.8, 4) is 5.75 Å². The van der Waals surface area contributed by atoms with Crippen LogP contribution in [0.2, 0.25) is 0 Å². The van der Waals surface area contributed by atoms with Crippen LogP contribution in [0.3, 0.4) is 0 Å². The molecular weight excluding hydrogens is 225 g/mol.